The Labute approximate surface area is 147 Å². The molecule has 1 aliphatic carbocycles. The van der Waals surface area contributed by atoms with Crippen LogP contribution < -0.4 is 0 Å². The van der Waals surface area contributed by atoms with E-state index >= 15 is 0 Å². The van der Waals surface area contributed by atoms with Gasteiger partial charge in [-0.2, -0.15) is 0 Å². The van der Waals surface area contributed by atoms with Gasteiger partial charge in [-0.15, -0.1) is 0 Å². The summed E-state index contributed by atoms with van der Waals surface area (Å²) in [6, 6.07) is 0. The van der Waals surface area contributed by atoms with Crippen LogP contribution in [-0.4, -0.2) is 50.6 Å². The molecule has 0 heterocycles. The predicted octanol–water partition coefficient (Wildman–Crippen LogP) is 5.57. The summed E-state index contributed by atoms with van der Waals surface area (Å²) in [6.07, 6.45) is 20.6. The molecule has 1 aliphatic rings. The Balaban J connectivity index is 1.73. The van der Waals surface area contributed by atoms with Crippen molar-refractivity contribution in [2.75, 3.05) is 40.8 Å². The van der Waals surface area contributed by atoms with Gasteiger partial charge in [0, 0.05) is 0 Å². The summed E-state index contributed by atoms with van der Waals surface area (Å²) in [7, 11) is 6.60. The molecule has 0 bridgehead atoms. The highest BCUT2D eigenvalue weighted by Crippen LogP contribution is 2.29. The van der Waals surface area contributed by atoms with Crippen LogP contribution in [0.2, 0.25) is 0 Å². The molecule has 2 nitrogen and oxygen atoms in total. The summed E-state index contributed by atoms with van der Waals surface area (Å²) in [5.41, 5.74) is 0. The van der Waals surface area contributed by atoms with Gasteiger partial charge in [-0.05, 0) is 59.5 Å². The molecule has 0 aromatic carbocycles. The molecule has 1 saturated carbocycles. The molecular weight excluding hydrogens is 280 g/mol. The van der Waals surface area contributed by atoms with Crippen LogP contribution in [-0.2, 0) is 0 Å². The van der Waals surface area contributed by atoms with Gasteiger partial charge in [0.15, 0.2) is 0 Å². The normalized spacial score (nSPS) is 16.0. The average Bonchev–Trinajstić information content (AvgIpc) is 3.02. The maximum Gasteiger partial charge on any atom is -0.000960 e. The molecule has 2 heteroatoms. The predicted molar refractivity (Wildman–Crippen MR) is 104 cm³/mol. The van der Waals surface area contributed by atoms with Gasteiger partial charge in [-0.1, -0.05) is 77.0 Å². The lowest BCUT2D eigenvalue weighted by atomic mass is 9.99. The van der Waals surface area contributed by atoms with Crippen LogP contribution >= 0.6 is 0 Å². The summed E-state index contributed by atoms with van der Waals surface area (Å²) in [5.74, 6) is 1.10. The van der Waals surface area contributed by atoms with E-state index in [9.17, 15) is 0 Å². The van der Waals surface area contributed by atoms with Crippen molar-refractivity contribution in [2.45, 2.75) is 89.9 Å². The highest BCUT2D eigenvalue weighted by Gasteiger charge is 2.13. The first-order valence-electron chi connectivity index (χ1n) is 10.5. The minimum Gasteiger partial charge on any atom is -0.309 e. The zero-order valence-electron chi connectivity index (χ0n) is 16.5. The monoisotopic (exact) mass is 324 g/mol. The third-order valence-electron chi connectivity index (χ3n) is 5.52. The molecule has 1 fully saturated rings. The number of nitrogens with zero attached hydrogens (tertiary/aromatic N) is 2. The Hall–Kier alpha value is -0.0800. The molecule has 0 unspecified atom stereocenters. The van der Waals surface area contributed by atoms with Crippen LogP contribution in [0.5, 0.6) is 0 Å². The first-order chi connectivity index (χ1) is 11.2. The summed E-state index contributed by atoms with van der Waals surface area (Å²) in [6.45, 7) is 3.75. The lowest BCUT2D eigenvalue weighted by Gasteiger charge is -2.17. The van der Waals surface area contributed by atoms with Crippen molar-refractivity contribution in [3.63, 3.8) is 0 Å². The van der Waals surface area contributed by atoms with Crippen molar-refractivity contribution in [1.29, 1.82) is 0 Å². The zero-order valence-corrected chi connectivity index (χ0v) is 16.5. The molecule has 0 aromatic heterocycles. The Morgan fingerprint density at radius 3 is 1.74 bits per heavy atom. The number of hydrogen-bond acceptors (Lipinski definition) is 2. The average molecular weight is 325 g/mol. The van der Waals surface area contributed by atoms with E-state index in [0.717, 1.165) is 5.92 Å². The third-order valence-corrected chi connectivity index (χ3v) is 5.52. The second-order valence-corrected chi connectivity index (χ2v) is 8.23. The second kappa shape index (κ2) is 14.3. The largest absolute Gasteiger partial charge is 0.309 e. The van der Waals surface area contributed by atoms with E-state index in [2.05, 4.69) is 30.9 Å². The Kier molecular flexibility index (Phi) is 13.0. The lowest BCUT2D eigenvalue weighted by Crippen LogP contribution is -2.24. The van der Waals surface area contributed by atoms with Gasteiger partial charge in [0.2, 0.25) is 0 Å². The van der Waals surface area contributed by atoms with Crippen LogP contribution in [0.4, 0.5) is 0 Å². The van der Waals surface area contributed by atoms with E-state index < -0.39 is 0 Å². The number of hydrogen-bond donors (Lipinski definition) is 0. The third kappa shape index (κ3) is 12.9. The highest BCUT2D eigenvalue weighted by molar-refractivity contribution is 4.67. The summed E-state index contributed by atoms with van der Waals surface area (Å²) in [5, 5.41) is 0. The molecular formula is C21H44N2. The minimum atomic E-state index is 1.10. The quantitative estimate of drug-likeness (QED) is 0.363. The first kappa shape index (κ1) is 21.0. The van der Waals surface area contributed by atoms with E-state index in [4.69, 9.17) is 0 Å². The van der Waals surface area contributed by atoms with Crippen molar-refractivity contribution in [2.24, 2.45) is 5.92 Å². The van der Waals surface area contributed by atoms with Gasteiger partial charge in [-0.25, -0.2) is 0 Å². The molecule has 0 spiro atoms. The van der Waals surface area contributed by atoms with Gasteiger partial charge in [0.25, 0.3) is 0 Å². The van der Waals surface area contributed by atoms with Gasteiger partial charge in [-0.3, -0.25) is 0 Å². The summed E-state index contributed by atoms with van der Waals surface area (Å²) >= 11 is 0. The number of rotatable bonds is 15. The maximum absolute atomic E-state index is 2.51. The molecule has 0 aromatic rings. The van der Waals surface area contributed by atoms with Crippen LogP contribution in [0.25, 0.3) is 0 Å². The van der Waals surface area contributed by atoms with E-state index in [-0.39, 0.29) is 0 Å². The van der Waals surface area contributed by atoms with Gasteiger partial charge in [0.1, 0.15) is 0 Å². The van der Waals surface area contributed by atoms with E-state index in [0.29, 0.717) is 0 Å². The fourth-order valence-corrected chi connectivity index (χ4v) is 3.94. The van der Waals surface area contributed by atoms with Gasteiger partial charge >= 0.3 is 0 Å². The van der Waals surface area contributed by atoms with Gasteiger partial charge < -0.3 is 9.80 Å². The van der Waals surface area contributed by atoms with Crippen LogP contribution in [0, 0.1) is 5.92 Å². The van der Waals surface area contributed by atoms with Crippen molar-refractivity contribution < 1.29 is 0 Å². The molecule has 0 N–H and O–H groups in total. The van der Waals surface area contributed by atoms with Crippen molar-refractivity contribution in [3.05, 3.63) is 0 Å². The topological polar surface area (TPSA) is 6.48 Å². The van der Waals surface area contributed by atoms with E-state index in [1.807, 2.05) is 0 Å². The maximum atomic E-state index is 2.51. The molecule has 138 valence electrons. The van der Waals surface area contributed by atoms with Crippen LogP contribution in [0.3, 0.4) is 0 Å². The van der Waals surface area contributed by atoms with Crippen molar-refractivity contribution in [3.8, 4) is 0 Å². The lowest BCUT2D eigenvalue weighted by molar-refractivity contribution is 0.294. The molecule has 0 saturated heterocycles. The second-order valence-electron chi connectivity index (χ2n) is 8.23. The van der Waals surface area contributed by atoms with Crippen LogP contribution in [0.1, 0.15) is 89.9 Å². The molecule has 0 amide bonds. The fourth-order valence-electron chi connectivity index (χ4n) is 3.94. The van der Waals surface area contributed by atoms with Crippen LogP contribution in [0.15, 0.2) is 0 Å². The standard InChI is InChI=1S/C21H44N2/c1-22(2)18-14-20-23(3)19-13-9-7-5-4-6-8-10-15-21-16-11-12-17-21/h21H,4-20H2,1-3H3. The van der Waals surface area contributed by atoms with Crippen molar-refractivity contribution >= 4 is 0 Å². The molecule has 23 heavy (non-hydrogen) atoms. The first-order valence-corrected chi connectivity index (χ1v) is 10.5. The fraction of sp³-hybridized carbons (Fsp3) is 1.00. The van der Waals surface area contributed by atoms with Crippen molar-refractivity contribution in [1.82, 2.24) is 9.80 Å². The minimum absolute atomic E-state index is 1.10. The number of unbranched alkanes of at least 4 members (excludes halogenated alkanes) is 7. The van der Waals surface area contributed by atoms with E-state index in [1.165, 1.54) is 110 Å². The zero-order chi connectivity index (χ0) is 16.8. The summed E-state index contributed by atoms with van der Waals surface area (Å²) in [4.78, 5) is 4.79. The molecule has 0 radical (unpaired) electrons. The smallest absolute Gasteiger partial charge is 0.000960 e. The Morgan fingerprint density at radius 1 is 0.609 bits per heavy atom. The highest BCUT2D eigenvalue weighted by atomic mass is 15.1. The van der Waals surface area contributed by atoms with Gasteiger partial charge in [0.05, 0.1) is 0 Å². The molecule has 1 rings (SSSR count). The SMILES string of the molecule is CN(C)CCCN(C)CCCCCCCCCCC1CCCC1. The van der Waals surface area contributed by atoms with E-state index in [1.54, 1.807) is 0 Å². The Morgan fingerprint density at radius 2 is 1.13 bits per heavy atom. The molecule has 0 aliphatic heterocycles. The molecule has 0 atom stereocenters. The Bertz CT molecular complexity index is 246. The summed E-state index contributed by atoms with van der Waals surface area (Å²) < 4.78 is 0.